The third-order valence-corrected chi connectivity index (χ3v) is 2.22. The van der Waals surface area contributed by atoms with Crippen molar-refractivity contribution in [2.24, 2.45) is 0 Å². The first-order valence-corrected chi connectivity index (χ1v) is 9.00. The molecule has 17 heavy (non-hydrogen) atoms. The Morgan fingerprint density at radius 1 is 1.24 bits per heavy atom. The van der Waals surface area contributed by atoms with Crippen LogP contribution in [0.5, 0.6) is 0 Å². The molecule has 1 aromatic heterocycles. The van der Waals surface area contributed by atoms with Crippen molar-refractivity contribution in [1.82, 2.24) is 20.2 Å². The fraction of sp³-hybridized carbons (Fsp3) is 0. The van der Waals surface area contributed by atoms with E-state index in [1.165, 1.54) is 10.8 Å². The Labute approximate surface area is 115 Å². The van der Waals surface area contributed by atoms with Gasteiger partial charge in [-0.05, 0) is 16.1 Å². The zero-order chi connectivity index (χ0) is 12.1. The van der Waals surface area contributed by atoms with Crippen LogP contribution in [0.2, 0.25) is 0 Å². The topological polar surface area (TPSA) is 43.6 Å². The zero-order valence-electron chi connectivity index (χ0n) is 8.59. The number of hydrogen-bond acceptors (Lipinski definition) is 3. The second-order valence-corrected chi connectivity index (χ2v) is 5.75. The average Bonchev–Trinajstić information content (AvgIpc) is 2.99. The van der Waals surface area contributed by atoms with E-state index in [1.54, 1.807) is 11.0 Å². The molecule has 3 rings (SSSR count). The number of benzene rings is 1. The van der Waals surface area contributed by atoms with E-state index in [0.717, 1.165) is 5.69 Å². The molecule has 0 N–H and O–H groups in total. The van der Waals surface area contributed by atoms with E-state index in [1.807, 2.05) is 12.1 Å². The molecule has 86 valence electrons. The molecule has 3 aromatic rings. The van der Waals surface area contributed by atoms with Gasteiger partial charge in [-0.2, -0.15) is 0 Å². The molecule has 0 bridgehead atoms. The van der Waals surface area contributed by atoms with E-state index in [-0.39, 0.29) is 0 Å². The first-order chi connectivity index (χ1) is 8.35. The smallest absolute Gasteiger partial charge is 0.141 e. The molecule has 2 aromatic carbocycles. The number of hydrogen-bond donors (Lipinski definition) is 0. The molecule has 0 saturated heterocycles. The van der Waals surface area contributed by atoms with Crippen LogP contribution < -0.4 is 0 Å². The maximum absolute atomic E-state index is 4.89. The van der Waals surface area contributed by atoms with Gasteiger partial charge < -0.3 is 0 Å². The predicted molar refractivity (Wildman–Crippen MR) is 64.0 cm³/mol. The number of rotatable bonds is 1. The van der Waals surface area contributed by atoms with Gasteiger partial charge in [0.2, 0.25) is 0 Å². The van der Waals surface area contributed by atoms with Crippen molar-refractivity contribution >= 4 is 29.4 Å². The second-order valence-electron chi connectivity index (χ2n) is 3.17. The van der Waals surface area contributed by atoms with Gasteiger partial charge in [0, 0.05) is 0 Å². The summed E-state index contributed by atoms with van der Waals surface area (Å²) in [6.45, 7) is 0. The van der Waals surface area contributed by atoms with Crippen LogP contribution in [0.1, 0.15) is 0 Å². The summed E-state index contributed by atoms with van der Waals surface area (Å²) in [7, 11) is 9.78. The fourth-order valence-electron chi connectivity index (χ4n) is 1.55. The van der Waals surface area contributed by atoms with Crippen molar-refractivity contribution in [2.45, 2.75) is 0 Å². The number of nitrogens with zero attached hydrogens (tertiary/aromatic N) is 4. The maximum Gasteiger partial charge on any atom is 0.141 e. The molecule has 4 nitrogen and oxygen atoms in total. The van der Waals surface area contributed by atoms with Crippen LogP contribution >= 0.6 is 18.6 Å². The average molecular weight is 302 g/mol. The van der Waals surface area contributed by atoms with E-state index >= 15 is 0 Å². The van der Waals surface area contributed by atoms with Gasteiger partial charge in [-0.1, -0.05) is 6.07 Å². The van der Waals surface area contributed by atoms with Crippen molar-refractivity contribution in [3.63, 3.8) is 0 Å². The Balaban J connectivity index is 0.000000329. The summed E-state index contributed by atoms with van der Waals surface area (Å²) in [5.41, 5.74) is 0.996. The van der Waals surface area contributed by atoms with Gasteiger partial charge in [0.1, 0.15) is 6.33 Å². The van der Waals surface area contributed by atoms with Crippen molar-refractivity contribution < 1.29 is 17.0 Å². The molecular weight excluding hydrogens is 295 g/mol. The van der Waals surface area contributed by atoms with Gasteiger partial charge in [-0.3, -0.25) is 0 Å². The van der Waals surface area contributed by atoms with E-state index in [4.69, 9.17) is 18.6 Å². The minimum absolute atomic E-state index is 0.556. The van der Waals surface area contributed by atoms with Gasteiger partial charge >= 0.3 is 35.6 Å². The largest absolute Gasteiger partial charge is 0.220 e. The molecule has 7 heteroatoms. The molecule has 1 heterocycles. The molecule has 0 unspecified atom stereocenters. The molecular formula is C10H7Cl2N4Ti-. The fourth-order valence-corrected chi connectivity index (χ4v) is 1.55. The Morgan fingerprint density at radius 3 is 2.65 bits per heavy atom. The number of aromatic nitrogens is 4. The van der Waals surface area contributed by atoms with Gasteiger partial charge in [-0.15, -0.1) is 46.2 Å². The van der Waals surface area contributed by atoms with Gasteiger partial charge in [0.25, 0.3) is 0 Å². The summed E-state index contributed by atoms with van der Waals surface area (Å²) in [6, 6.07) is 12.3. The van der Waals surface area contributed by atoms with Crippen molar-refractivity contribution in [2.75, 3.05) is 0 Å². The molecule has 0 fully saturated rings. The van der Waals surface area contributed by atoms with Crippen molar-refractivity contribution in [3.8, 4) is 5.69 Å². The van der Waals surface area contributed by atoms with Gasteiger partial charge in [0.05, 0.1) is 0 Å². The molecule has 0 aliphatic rings. The number of halogens is 2. The van der Waals surface area contributed by atoms with E-state index in [0.29, 0.717) is 0 Å². The summed E-state index contributed by atoms with van der Waals surface area (Å²) in [4.78, 5) is 0. The Kier molecular flexibility index (Phi) is 4.62. The van der Waals surface area contributed by atoms with E-state index < -0.39 is 17.0 Å². The zero-order valence-corrected chi connectivity index (χ0v) is 11.7. The SMILES string of the molecule is [Cl][Ti][Cl].c1ccc2[cH-]c(-n3cnnn3)cc2c1. The van der Waals surface area contributed by atoms with Crippen molar-refractivity contribution in [1.29, 1.82) is 0 Å². The summed E-state index contributed by atoms with van der Waals surface area (Å²) < 4.78 is 1.65. The molecule has 0 aliphatic heterocycles. The van der Waals surface area contributed by atoms with Crippen LogP contribution in [-0.2, 0) is 17.0 Å². The summed E-state index contributed by atoms with van der Waals surface area (Å²) in [5, 5.41) is 13.5. The van der Waals surface area contributed by atoms with Crippen LogP contribution in [0.3, 0.4) is 0 Å². The Hall–Kier alpha value is -0.806. The summed E-state index contributed by atoms with van der Waals surface area (Å²) >= 11 is -0.556. The van der Waals surface area contributed by atoms with E-state index in [2.05, 4.69) is 39.8 Å². The number of tetrazole rings is 1. The number of fused-ring (bicyclic) bond motifs is 1. The normalized spacial score (nSPS) is 9.76. The van der Waals surface area contributed by atoms with Crippen LogP contribution in [-0.4, -0.2) is 20.2 Å². The summed E-state index contributed by atoms with van der Waals surface area (Å²) in [5.74, 6) is 0. The molecule has 0 radical (unpaired) electrons. The standard InChI is InChI=1S/C10H7N4.2ClH.Ti/c1-2-4-9-6-10(5-8(9)3-1)14-7-11-12-13-14;;;/h1-7H;2*1H;/q-1;;;+2/p-2. The van der Waals surface area contributed by atoms with Crippen LogP contribution in [0.15, 0.2) is 42.7 Å². The first kappa shape index (κ1) is 12.6. The third kappa shape index (κ3) is 3.10. The van der Waals surface area contributed by atoms with Crippen LogP contribution in [0.25, 0.3) is 16.5 Å². The predicted octanol–water partition coefficient (Wildman–Crippen LogP) is 2.91. The maximum atomic E-state index is 4.89. The monoisotopic (exact) mass is 301 g/mol. The Bertz CT molecular complexity index is 546. The Morgan fingerprint density at radius 2 is 2.00 bits per heavy atom. The minimum atomic E-state index is -0.556. The first-order valence-electron chi connectivity index (χ1n) is 4.70. The molecule has 0 amide bonds. The van der Waals surface area contributed by atoms with Crippen LogP contribution in [0, 0.1) is 0 Å². The third-order valence-electron chi connectivity index (χ3n) is 2.22. The minimum Gasteiger partial charge on any atom is -0.220 e. The molecule has 0 atom stereocenters. The van der Waals surface area contributed by atoms with Crippen LogP contribution in [0.4, 0.5) is 0 Å². The molecule has 0 aliphatic carbocycles. The van der Waals surface area contributed by atoms with Gasteiger partial charge in [0.15, 0.2) is 0 Å². The van der Waals surface area contributed by atoms with E-state index in [9.17, 15) is 0 Å². The van der Waals surface area contributed by atoms with Crippen molar-refractivity contribution in [3.05, 3.63) is 42.7 Å². The second kappa shape index (κ2) is 6.21. The quantitative estimate of drug-likeness (QED) is 0.513. The molecule has 0 saturated carbocycles. The summed E-state index contributed by atoms with van der Waals surface area (Å²) in [6.07, 6.45) is 1.59. The van der Waals surface area contributed by atoms with Gasteiger partial charge in [-0.25, -0.2) is 4.68 Å². The molecule has 0 spiro atoms.